The van der Waals surface area contributed by atoms with Crippen molar-refractivity contribution in [3.8, 4) is 23.7 Å². The molecule has 230 valence electrons. The molecule has 0 aromatic carbocycles. The second-order valence-electron chi connectivity index (χ2n) is 11.1. The van der Waals surface area contributed by atoms with E-state index in [2.05, 4.69) is 37.5 Å². The molecule has 4 heteroatoms. The first-order valence-electron chi connectivity index (χ1n) is 16.9. The van der Waals surface area contributed by atoms with Crippen LogP contribution in [0, 0.1) is 23.7 Å². The highest BCUT2D eigenvalue weighted by atomic mass is 16.5. The van der Waals surface area contributed by atoms with E-state index in [0.717, 1.165) is 64.2 Å². The number of unbranched alkanes of at least 4 members (excludes halogenated alkanes) is 21. The van der Waals surface area contributed by atoms with Gasteiger partial charge in [-0.1, -0.05) is 153 Å². The van der Waals surface area contributed by atoms with Gasteiger partial charge in [0.15, 0.2) is 13.2 Å². The van der Waals surface area contributed by atoms with Crippen molar-refractivity contribution in [3.63, 3.8) is 0 Å². The van der Waals surface area contributed by atoms with Crippen molar-refractivity contribution in [2.75, 3.05) is 13.2 Å². The third-order valence-electron chi connectivity index (χ3n) is 7.18. The molecule has 0 aliphatic heterocycles. The molecule has 0 bridgehead atoms. The molecule has 40 heavy (non-hydrogen) atoms. The normalized spacial score (nSPS) is 10.3. The fourth-order valence-corrected chi connectivity index (χ4v) is 4.60. The first-order valence-corrected chi connectivity index (χ1v) is 16.9. The van der Waals surface area contributed by atoms with Gasteiger partial charge in [-0.25, -0.2) is 0 Å². The van der Waals surface area contributed by atoms with Crippen LogP contribution in [0.4, 0.5) is 0 Å². The largest absolute Gasteiger partial charge is 0.452 e. The predicted molar refractivity (Wildman–Crippen MR) is 169 cm³/mol. The van der Waals surface area contributed by atoms with Gasteiger partial charge in [0.05, 0.1) is 0 Å². The van der Waals surface area contributed by atoms with Gasteiger partial charge in [-0.2, -0.15) is 0 Å². The molecule has 0 unspecified atom stereocenters. The van der Waals surface area contributed by atoms with E-state index in [0.29, 0.717) is 12.8 Å². The highest BCUT2D eigenvalue weighted by Gasteiger charge is 2.03. The van der Waals surface area contributed by atoms with E-state index in [1.807, 2.05) is 0 Å². The molecule has 0 saturated heterocycles. The molecule has 0 amide bonds. The van der Waals surface area contributed by atoms with Crippen LogP contribution in [0.1, 0.15) is 181 Å². The van der Waals surface area contributed by atoms with Gasteiger partial charge < -0.3 is 9.47 Å². The van der Waals surface area contributed by atoms with E-state index in [4.69, 9.17) is 9.47 Å². The van der Waals surface area contributed by atoms with Crippen LogP contribution >= 0.6 is 0 Å². The minimum absolute atomic E-state index is 0.148. The Morgan fingerprint density at radius 3 is 1.05 bits per heavy atom. The van der Waals surface area contributed by atoms with Crippen molar-refractivity contribution in [3.05, 3.63) is 0 Å². The molecule has 0 heterocycles. The van der Waals surface area contributed by atoms with Gasteiger partial charge in [0.25, 0.3) is 0 Å². The van der Waals surface area contributed by atoms with Crippen LogP contribution in [0.25, 0.3) is 0 Å². The van der Waals surface area contributed by atoms with Crippen LogP contribution in [0.2, 0.25) is 0 Å². The number of hydrogen-bond donors (Lipinski definition) is 0. The summed E-state index contributed by atoms with van der Waals surface area (Å²) in [7, 11) is 0. The Bertz CT molecular complexity index is 631. The summed E-state index contributed by atoms with van der Waals surface area (Å²) in [6, 6.07) is 0. The zero-order valence-electron chi connectivity index (χ0n) is 26.4. The third-order valence-corrected chi connectivity index (χ3v) is 7.18. The molecule has 0 aromatic heterocycles. The van der Waals surface area contributed by atoms with Crippen molar-refractivity contribution in [2.45, 2.75) is 181 Å². The molecule has 0 aromatic rings. The minimum atomic E-state index is -0.148. The van der Waals surface area contributed by atoms with E-state index in [1.54, 1.807) is 0 Å². The molecule has 0 fully saturated rings. The molecular formula is C36H62O4. The van der Waals surface area contributed by atoms with Crippen LogP contribution < -0.4 is 0 Å². The van der Waals surface area contributed by atoms with Crippen LogP contribution in [0.5, 0.6) is 0 Å². The van der Waals surface area contributed by atoms with Crippen LogP contribution in [-0.4, -0.2) is 25.2 Å². The molecule has 0 rings (SSSR count). The fourth-order valence-electron chi connectivity index (χ4n) is 4.60. The summed E-state index contributed by atoms with van der Waals surface area (Å²) in [6.07, 6.45) is 29.5. The first kappa shape index (κ1) is 38.1. The maximum absolute atomic E-state index is 11.8. The van der Waals surface area contributed by atoms with Crippen LogP contribution in [0.15, 0.2) is 0 Å². The lowest BCUT2D eigenvalue weighted by Gasteiger charge is -2.03. The number of esters is 2. The smallest absolute Gasteiger partial charge is 0.306 e. The average Bonchev–Trinajstić information content (AvgIpc) is 2.95. The average molecular weight is 559 g/mol. The van der Waals surface area contributed by atoms with E-state index in [9.17, 15) is 9.59 Å². The Morgan fingerprint density at radius 2 is 0.700 bits per heavy atom. The van der Waals surface area contributed by atoms with Crippen molar-refractivity contribution in [2.24, 2.45) is 0 Å². The summed E-state index contributed by atoms with van der Waals surface area (Å²) >= 11 is 0. The maximum atomic E-state index is 11.8. The lowest BCUT2D eigenvalue weighted by atomic mass is 10.1. The summed E-state index contributed by atoms with van der Waals surface area (Å²) < 4.78 is 10.4. The van der Waals surface area contributed by atoms with Gasteiger partial charge in [0.2, 0.25) is 0 Å². The first-order chi connectivity index (χ1) is 19.7. The van der Waals surface area contributed by atoms with E-state index in [1.165, 1.54) is 89.9 Å². The number of hydrogen-bond acceptors (Lipinski definition) is 4. The SMILES string of the molecule is CCCCCCCCCCC#CCOC(=O)CCCCCCCCC(=O)OCC#CCCCCCCCCCC. The second-order valence-corrected chi connectivity index (χ2v) is 11.1. The molecule has 0 atom stereocenters. The van der Waals surface area contributed by atoms with E-state index in [-0.39, 0.29) is 25.2 Å². The summed E-state index contributed by atoms with van der Waals surface area (Å²) in [5.74, 6) is 11.9. The van der Waals surface area contributed by atoms with Gasteiger partial charge >= 0.3 is 11.9 Å². The minimum Gasteiger partial charge on any atom is -0.452 e. The Morgan fingerprint density at radius 1 is 0.400 bits per heavy atom. The quantitative estimate of drug-likeness (QED) is 0.0571. The highest BCUT2D eigenvalue weighted by molar-refractivity contribution is 5.69. The maximum Gasteiger partial charge on any atom is 0.306 e. The lowest BCUT2D eigenvalue weighted by molar-refractivity contribution is -0.143. The highest BCUT2D eigenvalue weighted by Crippen LogP contribution is 2.11. The van der Waals surface area contributed by atoms with Gasteiger partial charge in [-0.05, 0) is 25.7 Å². The van der Waals surface area contributed by atoms with Gasteiger partial charge in [0, 0.05) is 25.7 Å². The molecule has 0 N–H and O–H groups in total. The lowest BCUT2D eigenvalue weighted by Crippen LogP contribution is -2.04. The number of carbonyl (C=O) groups is 2. The Hall–Kier alpha value is -1.94. The predicted octanol–water partition coefficient (Wildman–Crippen LogP) is 10.3. The molecule has 0 aliphatic rings. The Kier molecular flexibility index (Phi) is 31.7. The van der Waals surface area contributed by atoms with Crippen molar-refractivity contribution in [1.29, 1.82) is 0 Å². The molecule has 0 radical (unpaired) electrons. The number of rotatable bonds is 27. The molecule has 0 saturated carbocycles. The van der Waals surface area contributed by atoms with Crippen LogP contribution in [-0.2, 0) is 19.1 Å². The zero-order chi connectivity index (χ0) is 29.2. The van der Waals surface area contributed by atoms with Crippen LogP contribution in [0.3, 0.4) is 0 Å². The third kappa shape index (κ3) is 32.3. The Labute approximate surface area is 248 Å². The Balaban J connectivity index is 3.39. The molecule has 0 spiro atoms. The summed E-state index contributed by atoms with van der Waals surface area (Å²) in [5, 5.41) is 0. The monoisotopic (exact) mass is 558 g/mol. The van der Waals surface area contributed by atoms with Gasteiger partial charge in [-0.3, -0.25) is 9.59 Å². The van der Waals surface area contributed by atoms with E-state index >= 15 is 0 Å². The standard InChI is InChI=1S/C36H62O4/c1-3-5-7-9-11-13-15-17-21-25-29-33-39-35(37)31-27-23-19-20-24-28-32-36(38)40-34-30-26-22-18-16-14-12-10-8-6-4-2/h3-24,27-28,31-34H2,1-2H3. The molecule has 0 aliphatic carbocycles. The van der Waals surface area contributed by atoms with E-state index < -0.39 is 0 Å². The van der Waals surface area contributed by atoms with Gasteiger partial charge in [-0.15, -0.1) is 0 Å². The fraction of sp³-hybridized carbons (Fsp3) is 0.833. The molecular weight excluding hydrogens is 496 g/mol. The van der Waals surface area contributed by atoms with Crippen molar-refractivity contribution < 1.29 is 19.1 Å². The summed E-state index contributed by atoms with van der Waals surface area (Å²) in [6.45, 7) is 4.94. The number of ether oxygens (including phenoxy) is 2. The van der Waals surface area contributed by atoms with Crippen molar-refractivity contribution in [1.82, 2.24) is 0 Å². The summed E-state index contributed by atoms with van der Waals surface area (Å²) in [4.78, 5) is 23.6. The molecule has 4 nitrogen and oxygen atoms in total. The zero-order valence-corrected chi connectivity index (χ0v) is 26.4. The number of carbonyl (C=O) groups excluding carboxylic acids is 2. The topological polar surface area (TPSA) is 52.6 Å². The summed E-state index contributed by atoms with van der Waals surface area (Å²) in [5.41, 5.74) is 0. The van der Waals surface area contributed by atoms with Crippen molar-refractivity contribution >= 4 is 11.9 Å². The van der Waals surface area contributed by atoms with Gasteiger partial charge in [0.1, 0.15) is 0 Å². The second kappa shape index (κ2) is 33.3.